The molecule has 72 valence electrons. The average Bonchev–Trinajstić information content (AvgIpc) is 2.77. The zero-order valence-corrected chi connectivity index (χ0v) is 9.09. The Bertz CT molecular complexity index is 275. The van der Waals surface area contributed by atoms with Crippen LogP contribution in [0.4, 0.5) is 0 Å². The molecule has 0 radical (unpaired) electrons. The molecule has 1 fully saturated rings. The lowest BCUT2D eigenvalue weighted by Gasteiger charge is -2.18. The minimum absolute atomic E-state index is 0.141. The van der Waals surface area contributed by atoms with Crippen molar-refractivity contribution in [2.24, 2.45) is 0 Å². The summed E-state index contributed by atoms with van der Waals surface area (Å²) in [7, 11) is 0. The van der Waals surface area contributed by atoms with E-state index in [1.54, 1.807) is 6.08 Å². The summed E-state index contributed by atoms with van der Waals surface area (Å²) < 4.78 is 11.0. The predicted octanol–water partition coefficient (Wildman–Crippen LogP) is 0.379. The van der Waals surface area contributed by atoms with Crippen LogP contribution >= 0.6 is 22.6 Å². The largest absolute Gasteiger partial charge is 0.455 e. The number of halogens is 1. The number of epoxide rings is 1. The van der Waals surface area contributed by atoms with Crippen molar-refractivity contribution in [2.45, 2.75) is 31.3 Å². The lowest BCUT2D eigenvalue weighted by Crippen LogP contribution is -2.31. The van der Waals surface area contributed by atoms with Gasteiger partial charge in [0.1, 0.15) is 24.4 Å². The minimum atomic E-state index is -0.544. The van der Waals surface area contributed by atoms with E-state index < -0.39 is 6.10 Å². The molecular formula is C8H9IO4. The van der Waals surface area contributed by atoms with E-state index in [0.29, 0.717) is 0 Å². The second-order valence-corrected chi connectivity index (χ2v) is 4.38. The summed E-state index contributed by atoms with van der Waals surface area (Å²) >= 11 is 2.03. The number of rotatable bonds is 1. The van der Waals surface area contributed by atoms with Gasteiger partial charge >= 0.3 is 5.97 Å². The van der Waals surface area contributed by atoms with Gasteiger partial charge in [0.05, 0.1) is 0 Å². The third-order valence-electron chi connectivity index (χ3n) is 2.10. The lowest BCUT2D eigenvalue weighted by atomic mass is 10.0. The summed E-state index contributed by atoms with van der Waals surface area (Å²) in [5.41, 5.74) is 0. The molecule has 4 atom stereocenters. The number of hydrogen-bond donors (Lipinski definition) is 1. The molecule has 1 aliphatic carbocycles. The molecule has 0 aromatic rings. The Morgan fingerprint density at radius 1 is 1.69 bits per heavy atom. The molecular weight excluding hydrogens is 287 g/mol. The molecule has 0 spiro atoms. The maximum absolute atomic E-state index is 10.7. The first-order valence-electron chi connectivity index (χ1n) is 3.97. The average molecular weight is 296 g/mol. The van der Waals surface area contributed by atoms with Gasteiger partial charge in [-0.3, -0.25) is 4.79 Å². The molecule has 1 N–H and O–H groups in total. The van der Waals surface area contributed by atoms with E-state index in [1.807, 2.05) is 22.6 Å². The molecule has 2 rings (SSSR count). The van der Waals surface area contributed by atoms with Crippen molar-refractivity contribution in [1.82, 2.24) is 0 Å². The number of esters is 1. The number of carbonyl (C=O) groups excluding carboxylic acids is 1. The van der Waals surface area contributed by atoms with Crippen molar-refractivity contribution < 1.29 is 19.4 Å². The van der Waals surface area contributed by atoms with Gasteiger partial charge in [-0.25, -0.2) is 0 Å². The zero-order valence-electron chi connectivity index (χ0n) is 6.94. The van der Waals surface area contributed by atoms with Gasteiger partial charge in [0.15, 0.2) is 0 Å². The van der Waals surface area contributed by atoms with E-state index in [0.717, 1.165) is 3.58 Å². The first-order valence-corrected chi connectivity index (χ1v) is 5.05. The number of aliphatic hydroxyl groups is 1. The molecule has 1 saturated heterocycles. The summed E-state index contributed by atoms with van der Waals surface area (Å²) in [4.78, 5) is 10.7. The highest BCUT2D eigenvalue weighted by molar-refractivity contribution is 14.1. The predicted molar refractivity (Wildman–Crippen MR) is 52.3 cm³/mol. The normalized spacial score (nSPS) is 41.9. The van der Waals surface area contributed by atoms with Crippen LogP contribution in [-0.4, -0.2) is 35.5 Å². The van der Waals surface area contributed by atoms with Crippen LogP contribution in [0.2, 0.25) is 0 Å². The maximum atomic E-state index is 10.7. The van der Waals surface area contributed by atoms with E-state index in [4.69, 9.17) is 9.47 Å². The molecule has 0 amide bonds. The summed E-state index contributed by atoms with van der Waals surface area (Å²) in [6.07, 6.45) is 0.551. The molecule has 1 heterocycles. The lowest BCUT2D eigenvalue weighted by molar-refractivity contribution is -0.145. The van der Waals surface area contributed by atoms with E-state index in [-0.39, 0.29) is 24.3 Å². The Labute approximate surface area is 89.0 Å². The quantitative estimate of drug-likeness (QED) is 0.432. The standard InChI is InChI=1S/C8H9IO4/c1-3(10)12-5-2-4(9)6(11)8-7(5)13-8/h2,5-8,11H,1H3/t5-,6-,7+,8-/m1/s1. The molecule has 0 bridgehead atoms. The highest BCUT2D eigenvalue weighted by Gasteiger charge is 2.54. The van der Waals surface area contributed by atoms with E-state index >= 15 is 0 Å². The van der Waals surface area contributed by atoms with Crippen LogP contribution in [0.1, 0.15) is 6.92 Å². The molecule has 0 unspecified atom stereocenters. The van der Waals surface area contributed by atoms with E-state index in [1.165, 1.54) is 6.92 Å². The number of hydrogen-bond acceptors (Lipinski definition) is 4. The van der Waals surface area contributed by atoms with Crippen LogP contribution in [-0.2, 0) is 14.3 Å². The number of carbonyl (C=O) groups is 1. The Morgan fingerprint density at radius 2 is 2.38 bits per heavy atom. The third-order valence-corrected chi connectivity index (χ3v) is 3.10. The van der Waals surface area contributed by atoms with E-state index in [9.17, 15) is 9.90 Å². The topological polar surface area (TPSA) is 59.1 Å². The van der Waals surface area contributed by atoms with Crippen LogP contribution in [0.25, 0.3) is 0 Å². The minimum Gasteiger partial charge on any atom is -0.455 e. The molecule has 1 aliphatic heterocycles. The molecule has 0 aromatic heterocycles. The van der Waals surface area contributed by atoms with Gasteiger partial charge in [0.2, 0.25) is 0 Å². The Kier molecular flexibility index (Phi) is 2.33. The molecule has 5 heteroatoms. The number of ether oxygens (including phenoxy) is 2. The first-order chi connectivity index (χ1) is 6.09. The van der Waals surface area contributed by atoms with Crippen molar-refractivity contribution in [3.63, 3.8) is 0 Å². The van der Waals surface area contributed by atoms with Crippen LogP contribution in [0.15, 0.2) is 9.66 Å². The first kappa shape index (κ1) is 9.42. The fourth-order valence-corrected chi connectivity index (χ4v) is 2.16. The Morgan fingerprint density at radius 3 is 3.00 bits per heavy atom. The number of aliphatic hydroxyl groups excluding tert-OH is 1. The summed E-state index contributed by atoms with van der Waals surface area (Å²) in [6.45, 7) is 1.36. The second-order valence-electron chi connectivity index (χ2n) is 3.14. The van der Waals surface area contributed by atoms with Crippen molar-refractivity contribution in [1.29, 1.82) is 0 Å². The molecule has 13 heavy (non-hydrogen) atoms. The fourth-order valence-electron chi connectivity index (χ4n) is 1.45. The summed E-state index contributed by atoms with van der Waals surface area (Å²) in [5.74, 6) is -0.323. The smallest absolute Gasteiger partial charge is 0.303 e. The van der Waals surface area contributed by atoms with Gasteiger partial charge in [-0.05, 0) is 28.7 Å². The van der Waals surface area contributed by atoms with Crippen molar-refractivity contribution in [2.75, 3.05) is 0 Å². The Hall–Kier alpha value is -0.140. The number of fused-ring (bicyclic) bond motifs is 1. The molecule has 4 nitrogen and oxygen atoms in total. The van der Waals surface area contributed by atoms with Gasteiger partial charge in [-0.15, -0.1) is 0 Å². The summed E-state index contributed by atoms with van der Waals surface area (Å²) in [5, 5.41) is 9.50. The molecule has 2 aliphatic rings. The van der Waals surface area contributed by atoms with Crippen molar-refractivity contribution >= 4 is 28.6 Å². The van der Waals surface area contributed by atoms with E-state index in [2.05, 4.69) is 0 Å². The SMILES string of the molecule is CC(=O)O[C@@H]1C=C(I)[C@@H](O)[C@H]2O[C@H]21. The van der Waals surface area contributed by atoms with Gasteiger partial charge in [-0.1, -0.05) is 0 Å². The van der Waals surface area contributed by atoms with Crippen LogP contribution in [0.3, 0.4) is 0 Å². The van der Waals surface area contributed by atoms with Crippen molar-refractivity contribution in [3.05, 3.63) is 9.66 Å². The monoisotopic (exact) mass is 296 g/mol. The van der Waals surface area contributed by atoms with Crippen LogP contribution < -0.4 is 0 Å². The van der Waals surface area contributed by atoms with Crippen molar-refractivity contribution in [3.8, 4) is 0 Å². The fraction of sp³-hybridized carbons (Fsp3) is 0.625. The summed E-state index contributed by atoms with van der Waals surface area (Å²) in [6, 6.07) is 0. The van der Waals surface area contributed by atoms with Crippen LogP contribution in [0.5, 0.6) is 0 Å². The van der Waals surface area contributed by atoms with Gasteiger partial charge in [0.25, 0.3) is 0 Å². The maximum Gasteiger partial charge on any atom is 0.303 e. The highest BCUT2D eigenvalue weighted by atomic mass is 127. The van der Waals surface area contributed by atoms with Crippen LogP contribution in [0, 0.1) is 0 Å². The third kappa shape index (κ3) is 1.72. The zero-order chi connectivity index (χ0) is 9.59. The highest BCUT2D eigenvalue weighted by Crippen LogP contribution is 2.39. The van der Waals surface area contributed by atoms with Gasteiger partial charge < -0.3 is 14.6 Å². The molecule has 0 aromatic carbocycles. The van der Waals surface area contributed by atoms with Gasteiger partial charge in [0, 0.05) is 10.5 Å². The van der Waals surface area contributed by atoms with Gasteiger partial charge in [-0.2, -0.15) is 0 Å². The molecule has 0 saturated carbocycles. The Balaban J connectivity index is 2.09. The second kappa shape index (κ2) is 3.21.